The lowest BCUT2D eigenvalue weighted by Crippen LogP contribution is -2.24. The molecule has 28 heavy (non-hydrogen) atoms. The van der Waals surface area contributed by atoms with E-state index < -0.39 is 11.7 Å². The predicted molar refractivity (Wildman–Crippen MR) is 98.6 cm³/mol. The first kappa shape index (κ1) is 18.7. The summed E-state index contributed by atoms with van der Waals surface area (Å²) in [5.41, 5.74) is 0.426. The molecule has 0 N–H and O–H groups in total. The molecule has 1 saturated heterocycles. The van der Waals surface area contributed by atoms with Crippen LogP contribution in [0.1, 0.15) is 23.8 Å². The Labute approximate surface area is 166 Å². The van der Waals surface area contributed by atoms with Crippen LogP contribution in [0.4, 0.5) is 18.9 Å². The van der Waals surface area contributed by atoms with Gasteiger partial charge in [-0.05, 0) is 36.4 Å². The Morgan fingerprint density at radius 2 is 1.89 bits per heavy atom. The second-order valence-corrected chi connectivity index (χ2v) is 7.33. The maximum absolute atomic E-state index is 12.7. The monoisotopic (exact) mass is 451 g/mol. The lowest BCUT2D eigenvalue weighted by Gasteiger charge is -2.17. The number of halogens is 4. The van der Waals surface area contributed by atoms with Crippen LogP contribution < -0.4 is 4.90 Å². The van der Waals surface area contributed by atoms with Gasteiger partial charge in [-0.3, -0.25) is 4.79 Å². The highest BCUT2D eigenvalue weighted by Crippen LogP contribution is 2.34. The molecule has 2 heterocycles. The molecule has 1 amide bonds. The first-order chi connectivity index (χ1) is 13.3. The Kier molecular flexibility index (Phi) is 4.70. The molecular formula is C19H13BrF3N3O2. The van der Waals surface area contributed by atoms with E-state index >= 15 is 0 Å². The Morgan fingerprint density at radius 1 is 1.14 bits per heavy atom. The van der Waals surface area contributed by atoms with Crippen LogP contribution in [0.15, 0.2) is 57.5 Å². The highest BCUT2D eigenvalue weighted by Gasteiger charge is 2.36. The van der Waals surface area contributed by atoms with Crippen molar-refractivity contribution in [2.24, 2.45) is 0 Å². The van der Waals surface area contributed by atoms with Gasteiger partial charge in [0, 0.05) is 28.7 Å². The van der Waals surface area contributed by atoms with Crippen molar-refractivity contribution in [3.8, 4) is 11.4 Å². The third-order valence-corrected chi connectivity index (χ3v) is 5.00. The van der Waals surface area contributed by atoms with Crippen molar-refractivity contribution in [3.05, 3.63) is 64.5 Å². The number of benzene rings is 2. The third kappa shape index (κ3) is 3.66. The molecule has 1 atom stereocenters. The largest absolute Gasteiger partial charge is 0.416 e. The van der Waals surface area contributed by atoms with Gasteiger partial charge in [-0.2, -0.15) is 18.2 Å². The first-order valence-corrected chi connectivity index (χ1v) is 9.18. The van der Waals surface area contributed by atoms with Crippen LogP contribution in [-0.2, 0) is 11.0 Å². The van der Waals surface area contributed by atoms with Crippen LogP contribution in [-0.4, -0.2) is 22.6 Å². The van der Waals surface area contributed by atoms with Gasteiger partial charge in [-0.15, -0.1) is 0 Å². The van der Waals surface area contributed by atoms with Crippen LogP contribution in [0.3, 0.4) is 0 Å². The van der Waals surface area contributed by atoms with Gasteiger partial charge in [0.05, 0.1) is 11.5 Å². The van der Waals surface area contributed by atoms with Crippen LogP contribution in [0, 0.1) is 0 Å². The maximum atomic E-state index is 12.7. The van der Waals surface area contributed by atoms with Crippen LogP contribution in [0.2, 0.25) is 0 Å². The van der Waals surface area contributed by atoms with Crippen molar-refractivity contribution in [3.63, 3.8) is 0 Å². The maximum Gasteiger partial charge on any atom is 0.416 e. The lowest BCUT2D eigenvalue weighted by atomic mass is 10.1. The van der Waals surface area contributed by atoms with Crippen molar-refractivity contribution < 1.29 is 22.5 Å². The summed E-state index contributed by atoms with van der Waals surface area (Å²) in [5.74, 6) is 0.227. The molecule has 1 aliphatic rings. The molecule has 1 unspecified atom stereocenters. The van der Waals surface area contributed by atoms with Crippen molar-refractivity contribution in [2.75, 3.05) is 11.4 Å². The summed E-state index contributed by atoms with van der Waals surface area (Å²) in [6.07, 6.45) is -4.26. The van der Waals surface area contributed by atoms with Gasteiger partial charge in [-0.25, -0.2) is 0 Å². The number of aromatic nitrogens is 2. The summed E-state index contributed by atoms with van der Waals surface area (Å²) in [6.45, 7) is 0.268. The van der Waals surface area contributed by atoms with Gasteiger partial charge in [0.1, 0.15) is 0 Å². The number of carbonyl (C=O) groups excluding carboxylic acids is 1. The summed E-state index contributed by atoms with van der Waals surface area (Å²) in [4.78, 5) is 18.2. The molecule has 5 nitrogen and oxygen atoms in total. The summed E-state index contributed by atoms with van der Waals surface area (Å²) in [6, 6.07) is 11.9. The molecule has 0 spiro atoms. The first-order valence-electron chi connectivity index (χ1n) is 8.38. The minimum absolute atomic E-state index is 0.154. The highest BCUT2D eigenvalue weighted by atomic mass is 79.9. The van der Waals surface area contributed by atoms with E-state index in [2.05, 4.69) is 26.1 Å². The zero-order valence-corrected chi connectivity index (χ0v) is 15.9. The summed E-state index contributed by atoms with van der Waals surface area (Å²) < 4.78 is 44.3. The lowest BCUT2D eigenvalue weighted by molar-refractivity contribution is -0.137. The number of amides is 1. The van der Waals surface area contributed by atoms with Crippen LogP contribution in [0.25, 0.3) is 11.4 Å². The molecule has 144 valence electrons. The number of hydrogen-bond acceptors (Lipinski definition) is 4. The predicted octanol–water partition coefficient (Wildman–Crippen LogP) is 5.04. The number of anilines is 1. The average molecular weight is 452 g/mol. The van der Waals surface area contributed by atoms with Gasteiger partial charge in [-0.1, -0.05) is 33.2 Å². The van der Waals surface area contributed by atoms with E-state index in [1.807, 2.05) is 24.3 Å². The van der Waals surface area contributed by atoms with Crippen LogP contribution in [0.5, 0.6) is 0 Å². The van der Waals surface area contributed by atoms with Gasteiger partial charge < -0.3 is 9.42 Å². The summed E-state index contributed by atoms with van der Waals surface area (Å²) in [7, 11) is 0. The van der Waals surface area contributed by atoms with Gasteiger partial charge in [0.25, 0.3) is 0 Å². The molecule has 1 aliphatic heterocycles. The van der Waals surface area contributed by atoms with Crippen molar-refractivity contribution >= 4 is 27.5 Å². The molecule has 9 heteroatoms. The molecule has 3 aromatic rings. The molecule has 0 aliphatic carbocycles. The van der Waals surface area contributed by atoms with Crippen molar-refractivity contribution in [2.45, 2.75) is 18.5 Å². The Bertz CT molecular complexity index is 1020. The Hall–Kier alpha value is -2.68. The number of alkyl halides is 3. The number of hydrogen-bond donors (Lipinski definition) is 0. The number of carbonyl (C=O) groups is 1. The van der Waals surface area contributed by atoms with E-state index in [1.54, 1.807) is 0 Å². The van der Waals surface area contributed by atoms with E-state index in [4.69, 9.17) is 4.52 Å². The normalized spacial score (nSPS) is 17.4. The van der Waals surface area contributed by atoms with E-state index in [9.17, 15) is 18.0 Å². The quantitative estimate of drug-likeness (QED) is 0.559. The average Bonchev–Trinajstić information content (AvgIpc) is 3.28. The fourth-order valence-electron chi connectivity index (χ4n) is 3.10. The molecule has 1 fully saturated rings. The second-order valence-electron chi connectivity index (χ2n) is 6.42. The van der Waals surface area contributed by atoms with E-state index in [1.165, 1.54) is 17.0 Å². The Balaban J connectivity index is 1.52. The standard InChI is InChI=1S/C19H13BrF3N3O2/c20-14-3-1-2-11(8-14)17-24-18(28-25-17)12-9-16(27)26(10-12)15-6-4-13(5-7-15)19(21,22)23/h1-8,12H,9-10H2. The molecule has 1 aromatic heterocycles. The smallest absolute Gasteiger partial charge is 0.339 e. The van der Waals surface area contributed by atoms with Gasteiger partial charge in [0.2, 0.25) is 17.6 Å². The van der Waals surface area contributed by atoms with Crippen molar-refractivity contribution in [1.29, 1.82) is 0 Å². The molecular weight excluding hydrogens is 439 g/mol. The summed E-state index contributed by atoms with van der Waals surface area (Å²) >= 11 is 3.38. The highest BCUT2D eigenvalue weighted by molar-refractivity contribution is 9.10. The topological polar surface area (TPSA) is 59.2 Å². The van der Waals surface area contributed by atoms with E-state index in [0.29, 0.717) is 17.4 Å². The van der Waals surface area contributed by atoms with E-state index in [-0.39, 0.29) is 24.8 Å². The fraction of sp³-hybridized carbons (Fsp3) is 0.211. The SMILES string of the molecule is O=C1CC(c2nc(-c3cccc(Br)c3)no2)CN1c1ccc(C(F)(F)F)cc1. The molecule has 0 radical (unpaired) electrons. The second kappa shape index (κ2) is 7.05. The number of rotatable bonds is 3. The Morgan fingerprint density at radius 3 is 2.57 bits per heavy atom. The molecule has 0 bridgehead atoms. The molecule has 0 saturated carbocycles. The van der Waals surface area contributed by atoms with Crippen molar-refractivity contribution in [1.82, 2.24) is 10.1 Å². The third-order valence-electron chi connectivity index (χ3n) is 4.51. The molecule has 4 rings (SSSR count). The van der Waals surface area contributed by atoms with Crippen LogP contribution >= 0.6 is 15.9 Å². The van der Waals surface area contributed by atoms with E-state index in [0.717, 1.165) is 22.2 Å². The minimum atomic E-state index is -4.41. The fourth-order valence-corrected chi connectivity index (χ4v) is 3.50. The van der Waals surface area contributed by atoms with Gasteiger partial charge >= 0.3 is 6.18 Å². The zero-order chi connectivity index (χ0) is 19.9. The summed E-state index contributed by atoms with van der Waals surface area (Å²) in [5, 5.41) is 3.97. The van der Waals surface area contributed by atoms with Gasteiger partial charge in [0.15, 0.2) is 0 Å². The minimum Gasteiger partial charge on any atom is -0.339 e. The number of nitrogens with zero attached hydrogens (tertiary/aromatic N) is 3. The molecule has 2 aromatic carbocycles. The zero-order valence-electron chi connectivity index (χ0n) is 14.3.